The van der Waals surface area contributed by atoms with Crippen molar-refractivity contribution >= 4 is 11.9 Å². The number of carboxylic acids is 1. The van der Waals surface area contributed by atoms with Gasteiger partial charge in [0, 0.05) is 5.69 Å². The molecule has 25 heavy (non-hydrogen) atoms. The highest BCUT2D eigenvalue weighted by atomic mass is 16.5. The largest absolute Gasteiger partial charge is 0.497 e. The fourth-order valence-corrected chi connectivity index (χ4v) is 2.61. The quantitative estimate of drug-likeness (QED) is 0.804. The number of ether oxygens (including phenoxy) is 1. The Morgan fingerprint density at radius 3 is 2.48 bits per heavy atom. The maximum atomic E-state index is 12.5. The standard InChI is InChI=1S/C18H23N3O4/c1-5-10-18(3,17(23)24)19-16(22)15-11-12(2)21(20-15)13-6-8-14(25-4)9-7-13/h6-9,11H,5,10H2,1-4H3,(H,19,22)(H,23,24). The number of rotatable bonds is 7. The van der Waals surface area contributed by atoms with Crippen LogP contribution in [0.5, 0.6) is 5.75 Å². The van der Waals surface area contributed by atoms with Crippen LogP contribution in [-0.2, 0) is 4.79 Å². The smallest absolute Gasteiger partial charge is 0.329 e. The van der Waals surface area contributed by atoms with Crippen molar-refractivity contribution in [2.45, 2.75) is 39.2 Å². The minimum atomic E-state index is -1.32. The molecular weight excluding hydrogens is 322 g/mol. The van der Waals surface area contributed by atoms with Gasteiger partial charge in [-0.25, -0.2) is 9.48 Å². The van der Waals surface area contributed by atoms with Gasteiger partial charge in [-0.3, -0.25) is 4.79 Å². The lowest BCUT2D eigenvalue weighted by atomic mass is 9.96. The summed E-state index contributed by atoms with van der Waals surface area (Å²) in [6.45, 7) is 5.20. The third-order valence-corrected chi connectivity index (χ3v) is 4.05. The monoisotopic (exact) mass is 345 g/mol. The topological polar surface area (TPSA) is 93.5 Å². The number of carbonyl (C=O) groups is 2. The van der Waals surface area contributed by atoms with Gasteiger partial charge < -0.3 is 15.2 Å². The zero-order valence-corrected chi connectivity index (χ0v) is 14.9. The van der Waals surface area contributed by atoms with E-state index in [1.807, 2.05) is 26.0 Å². The van der Waals surface area contributed by atoms with Crippen molar-refractivity contribution < 1.29 is 19.4 Å². The number of amides is 1. The Balaban J connectivity index is 2.26. The summed E-state index contributed by atoms with van der Waals surface area (Å²) in [4.78, 5) is 23.9. The zero-order valence-electron chi connectivity index (χ0n) is 14.9. The maximum Gasteiger partial charge on any atom is 0.329 e. The molecule has 0 bridgehead atoms. The Kier molecular flexibility index (Phi) is 5.46. The Morgan fingerprint density at radius 2 is 1.96 bits per heavy atom. The molecule has 1 aromatic heterocycles. The van der Waals surface area contributed by atoms with Crippen molar-refractivity contribution in [3.63, 3.8) is 0 Å². The molecular formula is C18H23N3O4. The van der Waals surface area contributed by atoms with E-state index in [-0.39, 0.29) is 5.69 Å². The molecule has 2 N–H and O–H groups in total. The van der Waals surface area contributed by atoms with Gasteiger partial charge in [-0.2, -0.15) is 5.10 Å². The highest BCUT2D eigenvalue weighted by Gasteiger charge is 2.34. The van der Waals surface area contributed by atoms with Crippen LogP contribution in [0.4, 0.5) is 0 Å². The molecule has 0 saturated heterocycles. The van der Waals surface area contributed by atoms with Crippen LogP contribution in [0.2, 0.25) is 0 Å². The summed E-state index contributed by atoms with van der Waals surface area (Å²) in [5.41, 5.74) is 0.413. The van der Waals surface area contributed by atoms with Crippen molar-refractivity contribution in [3.05, 3.63) is 41.7 Å². The summed E-state index contributed by atoms with van der Waals surface area (Å²) in [6.07, 6.45) is 0.981. The Morgan fingerprint density at radius 1 is 1.32 bits per heavy atom. The number of benzene rings is 1. The molecule has 0 spiro atoms. The molecule has 0 fully saturated rings. The maximum absolute atomic E-state index is 12.5. The number of methoxy groups -OCH3 is 1. The summed E-state index contributed by atoms with van der Waals surface area (Å²) in [6, 6.07) is 8.91. The predicted molar refractivity (Wildman–Crippen MR) is 93.3 cm³/mol. The number of hydrogen-bond acceptors (Lipinski definition) is 4. The van der Waals surface area contributed by atoms with Crippen molar-refractivity contribution in [1.82, 2.24) is 15.1 Å². The average molecular weight is 345 g/mol. The van der Waals surface area contributed by atoms with E-state index in [2.05, 4.69) is 10.4 Å². The van der Waals surface area contributed by atoms with Gasteiger partial charge in [0.1, 0.15) is 11.3 Å². The van der Waals surface area contributed by atoms with E-state index < -0.39 is 17.4 Å². The highest BCUT2D eigenvalue weighted by molar-refractivity contribution is 5.96. The first-order valence-electron chi connectivity index (χ1n) is 8.07. The van der Waals surface area contributed by atoms with E-state index in [1.165, 1.54) is 6.92 Å². The second kappa shape index (κ2) is 7.38. The molecule has 0 radical (unpaired) electrons. The number of aliphatic carboxylic acids is 1. The number of nitrogens with one attached hydrogen (secondary N) is 1. The van der Waals surface area contributed by atoms with Crippen LogP contribution >= 0.6 is 0 Å². The van der Waals surface area contributed by atoms with Crippen molar-refractivity contribution in [2.75, 3.05) is 7.11 Å². The van der Waals surface area contributed by atoms with Gasteiger partial charge in [0.15, 0.2) is 5.69 Å². The van der Waals surface area contributed by atoms with Crippen LogP contribution in [-0.4, -0.2) is 39.4 Å². The number of aromatic nitrogens is 2. The van der Waals surface area contributed by atoms with Crippen LogP contribution < -0.4 is 10.1 Å². The minimum absolute atomic E-state index is 0.178. The first kappa shape index (κ1) is 18.5. The molecule has 1 unspecified atom stereocenters. The molecule has 1 amide bonds. The lowest BCUT2D eigenvalue weighted by Gasteiger charge is -2.25. The predicted octanol–water partition coefficient (Wildman–Crippen LogP) is 2.56. The molecule has 1 heterocycles. The molecule has 0 aliphatic rings. The van der Waals surface area contributed by atoms with Gasteiger partial charge in [0.25, 0.3) is 5.91 Å². The number of aryl methyl sites for hydroxylation is 1. The fraction of sp³-hybridized carbons (Fsp3) is 0.389. The number of hydrogen-bond donors (Lipinski definition) is 2. The number of carbonyl (C=O) groups excluding carboxylic acids is 1. The number of nitrogens with zero attached hydrogens (tertiary/aromatic N) is 2. The fourth-order valence-electron chi connectivity index (χ4n) is 2.61. The Hall–Kier alpha value is -2.83. The molecule has 1 aromatic carbocycles. The van der Waals surface area contributed by atoms with Gasteiger partial charge in [-0.15, -0.1) is 0 Å². The molecule has 1 atom stereocenters. The van der Waals surface area contributed by atoms with Crippen LogP contribution in [0.1, 0.15) is 42.9 Å². The molecule has 0 saturated carbocycles. The normalized spacial score (nSPS) is 13.1. The first-order chi connectivity index (χ1) is 11.8. The van der Waals surface area contributed by atoms with E-state index in [9.17, 15) is 14.7 Å². The second-order valence-electron chi connectivity index (χ2n) is 6.12. The van der Waals surface area contributed by atoms with Crippen LogP contribution in [0.3, 0.4) is 0 Å². The molecule has 7 heteroatoms. The third kappa shape index (κ3) is 3.99. The van der Waals surface area contributed by atoms with Crippen molar-refractivity contribution in [3.8, 4) is 11.4 Å². The van der Waals surface area contributed by atoms with E-state index >= 15 is 0 Å². The average Bonchev–Trinajstić information content (AvgIpc) is 2.97. The van der Waals surface area contributed by atoms with E-state index in [1.54, 1.807) is 30.0 Å². The summed E-state index contributed by atoms with van der Waals surface area (Å²) in [5, 5.41) is 16.3. The highest BCUT2D eigenvalue weighted by Crippen LogP contribution is 2.18. The lowest BCUT2D eigenvalue weighted by Crippen LogP contribution is -2.52. The molecule has 2 aromatic rings. The van der Waals surface area contributed by atoms with Gasteiger partial charge in [-0.05, 0) is 50.6 Å². The van der Waals surface area contributed by atoms with Gasteiger partial charge in [-0.1, -0.05) is 13.3 Å². The molecule has 134 valence electrons. The molecule has 0 aliphatic heterocycles. The first-order valence-corrected chi connectivity index (χ1v) is 8.07. The Bertz CT molecular complexity index is 767. The SMILES string of the molecule is CCCC(C)(NC(=O)c1cc(C)n(-c2ccc(OC)cc2)n1)C(=O)O. The zero-order chi connectivity index (χ0) is 18.6. The van der Waals surface area contributed by atoms with E-state index in [0.29, 0.717) is 12.8 Å². The summed E-state index contributed by atoms with van der Waals surface area (Å²) >= 11 is 0. The lowest BCUT2D eigenvalue weighted by molar-refractivity contribution is -0.144. The van der Waals surface area contributed by atoms with E-state index in [0.717, 1.165) is 17.1 Å². The van der Waals surface area contributed by atoms with E-state index in [4.69, 9.17) is 4.74 Å². The summed E-state index contributed by atoms with van der Waals surface area (Å²) < 4.78 is 6.76. The Labute approximate surface area is 146 Å². The van der Waals surface area contributed by atoms with Crippen molar-refractivity contribution in [1.29, 1.82) is 0 Å². The van der Waals surface area contributed by atoms with Gasteiger partial charge >= 0.3 is 5.97 Å². The van der Waals surface area contributed by atoms with Crippen LogP contribution in [0.15, 0.2) is 30.3 Å². The van der Waals surface area contributed by atoms with Gasteiger partial charge in [0.05, 0.1) is 12.8 Å². The molecule has 7 nitrogen and oxygen atoms in total. The molecule has 0 aliphatic carbocycles. The van der Waals surface area contributed by atoms with Crippen LogP contribution in [0.25, 0.3) is 5.69 Å². The minimum Gasteiger partial charge on any atom is -0.497 e. The van der Waals surface area contributed by atoms with Crippen molar-refractivity contribution in [2.24, 2.45) is 0 Å². The van der Waals surface area contributed by atoms with Gasteiger partial charge in [0.2, 0.25) is 0 Å². The second-order valence-corrected chi connectivity index (χ2v) is 6.12. The summed E-state index contributed by atoms with van der Waals surface area (Å²) in [7, 11) is 1.59. The number of carboxylic acid groups (broad SMARTS) is 1. The summed E-state index contributed by atoms with van der Waals surface area (Å²) in [5.74, 6) is -0.842. The van der Waals surface area contributed by atoms with Crippen LogP contribution in [0, 0.1) is 6.92 Å². The molecule has 2 rings (SSSR count). The third-order valence-electron chi connectivity index (χ3n) is 4.05.